The highest BCUT2D eigenvalue weighted by Gasteiger charge is 2.34. The number of hydrogen-bond donors (Lipinski definition) is 1. The molecule has 0 spiro atoms. The van der Waals surface area contributed by atoms with E-state index < -0.39 is 5.54 Å². The molecular weight excluding hydrogens is 264 g/mol. The second-order valence-electron chi connectivity index (χ2n) is 6.32. The molecule has 1 rings (SSSR count). The molecule has 4 heteroatoms. The van der Waals surface area contributed by atoms with Crippen molar-refractivity contribution >= 4 is 5.97 Å². The zero-order valence-corrected chi connectivity index (χ0v) is 14.4. The van der Waals surface area contributed by atoms with E-state index in [9.17, 15) is 4.79 Å². The fourth-order valence-corrected chi connectivity index (χ4v) is 3.24. The lowest BCUT2D eigenvalue weighted by atomic mass is 9.95. The zero-order chi connectivity index (χ0) is 15.7. The van der Waals surface area contributed by atoms with Gasteiger partial charge in [-0.3, -0.25) is 4.79 Å². The Morgan fingerprint density at radius 1 is 1.38 bits per heavy atom. The Morgan fingerprint density at radius 3 is 2.76 bits per heavy atom. The van der Waals surface area contributed by atoms with Crippen LogP contribution < -0.4 is 5.32 Å². The largest absolute Gasteiger partial charge is 0.465 e. The Morgan fingerprint density at radius 2 is 2.14 bits per heavy atom. The Bertz CT molecular complexity index is 309. The van der Waals surface area contributed by atoms with Gasteiger partial charge in [-0.05, 0) is 72.0 Å². The van der Waals surface area contributed by atoms with E-state index in [-0.39, 0.29) is 5.97 Å². The van der Waals surface area contributed by atoms with Crippen molar-refractivity contribution in [2.24, 2.45) is 0 Å². The first kappa shape index (κ1) is 18.4. The average molecular weight is 298 g/mol. The van der Waals surface area contributed by atoms with Gasteiger partial charge in [-0.25, -0.2) is 0 Å². The lowest BCUT2D eigenvalue weighted by Gasteiger charge is -2.30. The number of carbonyl (C=O) groups excluding carboxylic acids is 1. The molecule has 0 aromatic rings. The fourth-order valence-electron chi connectivity index (χ4n) is 3.24. The van der Waals surface area contributed by atoms with Crippen molar-refractivity contribution in [1.82, 2.24) is 10.2 Å². The molecular formula is C17H34N2O2. The van der Waals surface area contributed by atoms with Crippen LogP contribution in [0.1, 0.15) is 66.2 Å². The fraction of sp³-hybridized carbons (Fsp3) is 0.941. The summed E-state index contributed by atoms with van der Waals surface area (Å²) in [5.41, 5.74) is -0.534. The smallest absolute Gasteiger partial charge is 0.326 e. The normalized spacial score (nSPS) is 22.2. The van der Waals surface area contributed by atoms with Crippen LogP contribution in [-0.4, -0.2) is 48.7 Å². The van der Waals surface area contributed by atoms with Gasteiger partial charge >= 0.3 is 5.97 Å². The van der Waals surface area contributed by atoms with Crippen molar-refractivity contribution in [3.05, 3.63) is 0 Å². The number of esters is 1. The number of rotatable bonds is 10. The summed E-state index contributed by atoms with van der Waals surface area (Å²) in [5, 5.41) is 3.39. The number of hydrogen-bond acceptors (Lipinski definition) is 4. The van der Waals surface area contributed by atoms with E-state index in [1.165, 1.54) is 25.8 Å². The van der Waals surface area contributed by atoms with E-state index in [0.29, 0.717) is 6.61 Å². The van der Waals surface area contributed by atoms with Crippen LogP contribution >= 0.6 is 0 Å². The number of carbonyl (C=O) groups is 1. The summed E-state index contributed by atoms with van der Waals surface area (Å²) in [4.78, 5) is 14.8. The summed E-state index contributed by atoms with van der Waals surface area (Å²) in [6.07, 6.45) is 6.81. The van der Waals surface area contributed by atoms with Crippen LogP contribution in [0.3, 0.4) is 0 Å². The Labute approximate surface area is 130 Å². The van der Waals surface area contributed by atoms with Gasteiger partial charge in [-0.1, -0.05) is 13.8 Å². The zero-order valence-electron chi connectivity index (χ0n) is 14.4. The number of nitrogens with one attached hydrogen (secondary N) is 1. The van der Waals surface area contributed by atoms with E-state index in [2.05, 4.69) is 24.1 Å². The maximum absolute atomic E-state index is 12.2. The lowest BCUT2D eigenvalue weighted by molar-refractivity contribution is -0.150. The van der Waals surface area contributed by atoms with E-state index in [1.54, 1.807) is 0 Å². The molecule has 2 atom stereocenters. The monoisotopic (exact) mass is 298 g/mol. The lowest BCUT2D eigenvalue weighted by Crippen LogP contribution is -2.51. The average Bonchev–Trinajstić information content (AvgIpc) is 2.93. The van der Waals surface area contributed by atoms with Gasteiger partial charge in [-0.2, -0.15) is 0 Å². The van der Waals surface area contributed by atoms with E-state index in [0.717, 1.165) is 38.4 Å². The highest BCUT2D eigenvalue weighted by atomic mass is 16.5. The molecule has 0 radical (unpaired) electrons. The Balaban J connectivity index is 2.46. The molecule has 1 N–H and O–H groups in total. The second kappa shape index (κ2) is 9.42. The Hall–Kier alpha value is -0.610. The van der Waals surface area contributed by atoms with Crippen LogP contribution in [0.25, 0.3) is 0 Å². The molecule has 124 valence electrons. The van der Waals surface area contributed by atoms with Crippen molar-refractivity contribution in [2.45, 2.75) is 77.8 Å². The minimum absolute atomic E-state index is 0.105. The second-order valence-corrected chi connectivity index (χ2v) is 6.32. The minimum Gasteiger partial charge on any atom is -0.465 e. The maximum Gasteiger partial charge on any atom is 0.326 e. The van der Waals surface area contributed by atoms with Crippen molar-refractivity contribution < 1.29 is 9.53 Å². The Kier molecular flexibility index (Phi) is 8.27. The quantitative estimate of drug-likeness (QED) is 0.630. The molecule has 0 saturated carbocycles. The third kappa shape index (κ3) is 5.59. The SMILES string of the molecule is CCCNC(C)(CCCN1CCCC1CC)C(=O)OCC. The molecule has 0 amide bonds. The van der Waals surface area contributed by atoms with Crippen molar-refractivity contribution in [1.29, 1.82) is 0 Å². The topological polar surface area (TPSA) is 41.6 Å². The first-order valence-electron chi connectivity index (χ1n) is 8.73. The maximum atomic E-state index is 12.2. The molecule has 0 bridgehead atoms. The van der Waals surface area contributed by atoms with Crippen LogP contribution in [0, 0.1) is 0 Å². The highest BCUT2D eigenvalue weighted by Crippen LogP contribution is 2.22. The predicted molar refractivity (Wildman–Crippen MR) is 87.5 cm³/mol. The number of likely N-dealkylation sites (tertiary alicyclic amines) is 1. The van der Waals surface area contributed by atoms with Gasteiger partial charge in [0.1, 0.15) is 5.54 Å². The van der Waals surface area contributed by atoms with E-state index in [4.69, 9.17) is 4.74 Å². The summed E-state index contributed by atoms with van der Waals surface area (Å²) in [6, 6.07) is 0.752. The number of nitrogens with zero attached hydrogens (tertiary/aromatic N) is 1. The van der Waals surface area contributed by atoms with Crippen LogP contribution in [0.5, 0.6) is 0 Å². The molecule has 0 aromatic carbocycles. The van der Waals surface area contributed by atoms with Crippen LogP contribution in [0.15, 0.2) is 0 Å². The van der Waals surface area contributed by atoms with Gasteiger partial charge in [0.15, 0.2) is 0 Å². The van der Waals surface area contributed by atoms with Crippen molar-refractivity contribution in [3.63, 3.8) is 0 Å². The summed E-state index contributed by atoms with van der Waals surface area (Å²) in [5.74, 6) is -0.105. The van der Waals surface area contributed by atoms with Crippen LogP contribution in [-0.2, 0) is 9.53 Å². The highest BCUT2D eigenvalue weighted by molar-refractivity contribution is 5.80. The van der Waals surface area contributed by atoms with Crippen molar-refractivity contribution in [3.8, 4) is 0 Å². The van der Waals surface area contributed by atoms with Gasteiger partial charge in [0.25, 0.3) is 0 Å². The van der Waals surface area contributed by atoms with Gasteiger partial charge < -0.3 is 15.0 Å². The van der Waals surface area contributed by atoms with Gasteiger partial charge in [0.2, 0.25) is 0 Å². The van der Waals surface area contributed by atoms with E-state index >= 15 is 0 Å². The van der Waals surface area contributed by atoms with Crippen LogP contribution in [0.4, 0.5) is 0 Å². The van der Waals surface area contributed by atoms with Crippen LogP contribution in [0.2, 0.25) is 0 Å². The molecule has 1 heterocycles. The summed E-state index contributed by atoms with van der Waals surface area (Å²) < 4.78 is 5.25. The predicted octanol–water partition coefficient (Wildman–Crippen LogP) is 2.96. The molecule has 21 heavy (non-hydrogen) atoms. The van der Waals surface area contributed by atoms with Gasteiger partial charge in [0.05, 0.1) is 6.61 Å². The minimum atomic E-state index is -0.534. The molecule has 1 aliphatic heterocycles. The van der Waals surface area contributed by atoms with Gasteiger partial charge in [0, 0.05) is 6.04 Å². The first-order valence-corrected chi connectivity index (χ1v) is 8.73. The summed E-state index contributed by atoms with van der Waals surface area (Å²) in [6.45, 7) is 11.9. The molecule has 2 unspecified atom stereocenters. The molecule has 1 saturated heterocycles. The number of ether oxygens (including phenoxy) is 1. The first-order chi connectivity index (χ1) is 10.1. The third-order valence-electron chi connectivity index (χ3n) is 4.58. The van der Waals surface area contributed by atoms with E-state index in [1.807, 2.05) is 13.8 Å². The standard InChI is InChI=1S/C17H34N2O2/c1-5-12-18-17(4,16(20)21-7-3)11-9-14-19-13-8-10-15(19)6-2/h15,18H,5-14H2,1-4H3. The molecule has 0 aromatic heterocycles. The molecule has 1 fully saturated rings. The summed E-state index contributed by atoms with van der Waals surface area (Å²) >= 11 is 0. The molecule has 4 nitrogen and oxygen atoms in total. The van der Waals surface area contributed by atoms with Gasteiger partial charge in [-0.15, -0.1) is 0 Å². The summed E-state index contributed by atoms with van der Waals surface area (Å²) in [7, 11) is 0. The van der Waals surface area contributed by atoms with Crippen molar-refractivity contribution in [2.75, 3.05) is 26.2 Å². The third-order valence-corrected chi connectivity index (χ3v) is 4.58. The molecule has 1 aliphatic rings. The molecule has 0 aliphatic carbocycles.